The molecule has 90 valence electrons. The van der Waals surface area contributed by atoms with Crippen LogP contribution in [0, 0.1) is 0 Å². The quantitative estimate of drug-likeness (QED) is 0.671. The van der Waals surface area contributed by atoms with Gasteiger partial charge in [0.25, 0.3) is 5.91 Å². The van der Waals surface area contributed by atoms with E-state index in [-0.39, 0.29) is 5.91 Å². The lowest BCUT2D eigenvalue weighted by Gasteiger charge is -2.12. The highest BCUT2D eigenvalue weighted by molar-refractivity contribution is 7.80. The molecule has 2 rings (SSSR count). The Hall–Kier alpha value is -1.20. The maximum absolute atomic E-state index is 12.1. The number of rotatable bonds is 4. The molecule has 3 nitrogen and oxygen atoms in total. The van der Waals surface area contributed by atoms with Crippen LogP contribution in [0.2, 0.25) is 0 Å². The normalized spacial score (nSPS) is 17.9. The van der Waals surface area contributed by atoms with Crippen LogP contribution in [0.1, 0.15) is 25.3 Å². The number of hydrogen-bond donors (Lipinski definition) is 1. The van der Waals surface area contributed by atoms with Crippen LogP contribution in [-0.4, -0.2) is 22.5 Å². The summed E-state index contributed by atoms with van der Waals surface area (Å²) in [5.74, 6) is -0.0188. The summed E-state index contributed by atoms with van der Waals surface area (Å²) in [6.45, 7) is 2.79. The summed E-state index contributed by atoms with van der Waals surface area (Å²) in [5.41, 5.74) is 1.61. The third kappa shape index (κ3) is 2.73. The first-order valence-corrected chi connectivity index (χ1v) is 6.94. The van der Waals surface area contributed by atoms with Crippen molar-refractivity contribution < 1.29 is 4.79 Å². The summed E-state index contributed by atoms with van der Waals surface area (Å²) in [7, 11) is 0. The molecule has 1 aromatic rings. The van der Waals surface area contributed by atoms with Crippen LogP contribution in [0.25, 0.3) is 6.08 Å². The molecule has 0 radical (unpaired) electrons. The van der Waals surface area contributed by atoms with Crippen molar-refractivity contribution >= 4 is 40.7 Å². The van der Waals surface area contributed by atoms with Crippen LogP contribution >= 0.6 is 23.6 Å². The Bertz CT molecular complexity index is 451. The second-order valence-corrected chi connectivity index (χ2v) is 5.02. The summed E-state index contributed by atoms with van der Waals surface area (Å²) in [4.78, 5) is 13.7. The lowest BCUT2D eigenvalue weighted by Crippen LogP contribution is -2.31. The van der Waals surface area contributed by atoms with Crippen LogP contribution in [-0.2, 0) is 4.79 Å². The van der Waals surface area contributed by atoms with Gasteiger partial charge in [0.15, 0.2) is 5.11 Å². The van der Waals surface area contributed by atoms with E-state index >= 15 is 0 Å². The number of hydrogen-bond acceptors (Lipinski definition) is 3. The van der Waals surface area contributed by atoms with Crippen LogP contribution in [0.4, 0.5) is 0 Å². The Morgan fingerprint density at radius 2 is 2.41 bits per heavy atom. The molecular weight excluding hydrogens is 252 g/mol. The number of thiophene rings is 1. The van der Waals surface area contributed by atoms with E-state index < -0.39 is 0 Å². The predicted molar refractivity (Wildman–Crippen MR) is 74.7 cm³/mol. The molecular formula is C12H14N2OS2. The molecule has 1 saturated heterocycles. The molecule has 0 atom stereocenters. The van der Waals surface area contributed by atoms with Gasteiger partial charge in [0, 0.05) is 6.54 Å². The molecule has 1 fully saturated rings. The topological polar surface area (TPSA) is 32.3 Å². The van der Waals surface area contributed by atoms with Gasteiger partial charge < -0.3 is 5.32 Å². The van der Waals surface area contributed by atoms with Gasteiger partial charge in [-0.15, -0.1) is 0 Å². The monoisotopic (exact) mass is 266 g/mol. The average molecular weight is 266 g/mol. The molecule has 1 aromatic heterocycles. The first-order valence-electron chi connectivity index (χ1n) is 5.59. The number of amides is 1. The van der Waals surface area contributed by atoms with E-state index in [1.807, 2.05) is 22.9 Å². The zero-order valence-electron chi connectivity index (χ0n) is 9.60. The highest BCUT2D eigenvalue weighted by Crippen LogP contribution is 2.16. The number of carbonyl (C=O) groups excluding carboxylic acids is 1. The molecule has 1 aliphatic heterocycles. The number of nitrogens with zero attached hydrogens (tertiary/aromatic N) is 1. The van der Waals surface area contributed by atoms with Gasteiger partial charge in [-0.3, -0.25) is 9.69 Å². The van der Waals surface area contributed by atoms with Crippen molar-refractivity contribution in [3.05, 3.63) is 28.1 Å². The number of thiocarbonyl (C=S) groups is 1. The van der Waals surface area contributed by atoms with E-state index in [2.05, 4.69) is 12.2 Å². The summed E-state index contributed by atoms with van der Waals surface area (Å²) in [6, 6.07) is 1.98. The highest BCUT2D eigenvalue weighted by atomic mass is 32.1. The van der Waals surface area contributed by atoms with Gasteiger partial charge >= 0.3 is 0 Å². The second-order valence-electron chi connectivity index (χ2n) is 3.86. The molecule has 1 N–H and O–H groups in total. The summed E-state index contributed by atoms with van der Waals surface area (Å²) < 4.78 is 0. The van der Waals surface area contributed by atoms with Crippen molar-refractivity contribution in [2.75, 3.05) is 6.54 Å². The Kier molecular flexibility index (Phi) is 3.91. The van der Waals surface area contributed by atoms with E-state index in [4.69, 9.17) is 12.2 Å². The van der Waals surface area contributed by atoms with E-state index in [9.17, 15) is 4.79 Å². The molecule has 0 saturated carbocycles. The molecule has 0 unspecified atom stereocenters. The smallest absolute Gasteiger partial charge is 0.276 e. The number of unbranched alkanes of at least 4 members (excludes halogenated alkanes) is 1. The van der Waals surface area contributed by atoms with Crippen LogP contribution in [0.15, 0.2) is 22.5 Å². The van der Waals surface area contributed by atoms with Gasteiger partial charge in [0.2, 0.25) is 0 Å². The van der Waals surface area contributed by atoms with Crippen LogP contribution in [0.3, 0.4) is 0 Å². The summed E-state index contributed by atoms with van der Waals surface area (Å²) >= 11 is 6.77. The van der Waals surface area contributed by atoms with Gasteiger partial charge in [-0.25, -0.2) is 0 Å². The predicted octanol–water partition coefficient (Wildman–Crippen LogP) is 2.61. The fourth-order valence-corrected chi connectivity index (χ4v) is 2.52. The van der Waals surface area contributed by atoms with Gasteiger partial charge in [-0.2, -0.15) is 11.3 Å². The first-order chi connectivity index (χ1) is 8.22. The number of nitrogens with one attached hydrogen (secondary N) is 1. The minimum Gasteiger partial charge on any atom is -0.328 e. The standard InChI is InChI=1S/C12H14N2OS2/c1-2-3-5-14-11(15)10(13-12(14)16)7-9-4-6-17-8-9/h4,6-8H,2-3,5H2,1H3,(H,13,16)/b10-7+. The van der Waals surface area contributed by atoms with E-state index in [1.165, 1.54) is 0 Å². The van der Waals surface area contributed by atoms with E-state index in [0.717, 1.165) is 18.4 Å². The summed E-state index contributed by atoms with van der Waals surface area (Å²) in [6.07, 6.45) is 3.87. The van der Waals surface area contributed by atoms with Crippen LogP contribution < -0.4 is 5.32 Å². The minimum absolute atomic E-state index is 0.0188. The minimum atomic E-state index is -0.0188. The largest absolute Gasteiger partial charge is 0.328 e. The maximum Gasteiger partial charge on any atom is 0.276 e. The molecule has 0 spiro atoms. The third-order valence-electron chi connectivity index (χ3n) is 2.55. The molecule has 17 heavy (non-hydrogen) atoms. The lowest BCUT2D eigenvalue weighted by molar-refractivity contribution is -0.122. The van der Waals surface area contributed by atoms with Gasteiger partial charge in [-0.05, 0) is 47.1 Å². The van der Waals surface area contributed by atoms with Crippen LogP contribution in [0.5, 0.6) is 0 Å². The molecule has 0 aromatic carbocycles. The summed E-state index contributed by atoms with van der Waals surface area (Å²) in [5, 5.41) is 7.48. The second kappa shape index (κ2) is 5.42. The van der Waals surface area contributed by atoms with Crippen molar-refractivity contribution in [2.24, 2.45) is 0 Å². The Labute approximate surface area is 110 Å². The molecule has 0 aliphatic carbocycles. The van der Waals surface area contributed by atoms with Crippen molar-refractivity contribution in [1.29, 1.82) is 0 Å². The van der Waals surface area contributed by atoms with E-state index in [1.54, 1.807) is 16.2 Å². The Morgan fingerprint density at radius 3 is 3.06 bits per heavy atom. The Morgan fingerprint density at radius 1 is 1.59 bits per heavy atom. The van der Waals surface area contributed by atoms with Gasteiger partial charge in [0.05, 0.1) is 0 Å². The zero-order valence-corrected chi connectivity index (χ0v) is 11.2. The molecule has 2 heterocycles. The Balaban J connectivity index is 2.13. The van der Waals surface area contributed by atoms with E-state index in [0.29, 0.717) is 17.4 Å². The van der Waals surface area contributed by atoms with Gasteiger partial charge in [-0.1, -0.05) is 13.3 Å². The third-order valence-corrected chi connectivity index (χ3v) is 3.58. The zero-order chi connectivity index (χ0) is 12.3. The van der Waals surface area contributed by atoms with Crippen molar-refractivity contribution in [3.8, 4) is 0 Å². The highest BCUT2D eigenvalue weighted by Gasteiger charge is 2.29. The molecule has 0 bridgehead atoms. The first kappa shape index (κ1) is 12.3. The van der Waals surface area contributed by atoms with Crippen molar-refractivity contribution in [3.63, 3.8) is 0 Å². The molecule has 1 aliphatic rings. The average Bonchev–Trinajstić information content (AvgIpc) is 2.89. The SMILES string of the molecule is CCCCN1C(=O)/C(=C\c2ccsc2)NC1=S. The van der Waals surface area contributed by atoms with Gasteiger partial charge in [0.1, 0.15) is 5.70 Å². The van der Waals surface area contributed by atoms with Crippen molar-refractivity contribution in [1.82, 2.24) is 10.2 Å². The molecule has 1 amide bonds. The maximum atomic E-state index is 12.1. The molecule has 5 heteroatoms. The fraction of sp³-hybridized carbons (Fsp3) is 0.333. The van der Waals surface area contributed by atoms with Crippen molar-refractivity contribution in [2.45, 2.75) is 19.8 Å². The fourth-order valence-electron chi connectivity index (χ4n) is 1.61. The lowest BCUT2D eigenvalue weighted by atomic mass is 10.2. The number of carbonyl (C=O) groups is 1.